The number of hydrogen-bond acceptors (Lipinski definition) is 5. The minimum absolute atomic E-state index is 0.0129. The zero-order chi connectivity index (χ0) is 26.3. The molecule has 0 spiro atoms. The molecule has 1 aromatic heterocycles. The summed E-state index contributed by atoms with van der Waals surface area (Å²) < 4.78 is 13.1. The maximum atomic E-state index is 13.1. The van der Waals surface area contributed by atoms with Crippen LogP contribution in [0.25, 0.3) is 6.08 Å². The number of carbonyl (C=O) groups excluding carboxylic acids is 2. The monoisotopic (exact) mass is 532 g/mol. The van der Waals surface area contributed by atoms with Gasteiger partial charge in [0, 0.05) is 57.1 Å². The molecule has 3 heterocycles. The molecule has 38 heavy (non-hydrogen) atoms. The maximum Gasteiger partial charge on any atom is 0.273 e. The predicted octanol–water partition coefficient (Wildman–Crippen LogP) is 4.70. The van der Waals surface area contributed by atoms with Crippen LogP contribution in [0.1, 0.15) is 45.4 Å². The molecule has 0 radical (unpaired) electrons. The topological polar surface area (TPSA) is 56.8 Å². The number of aromatic nitrogens is 1. The first-order valence-electron chi connectivity index (χ1n) is 13.3. The molecule has 0 aliphatic carbocycles. The third-order valence-electron chi connectivity index (χ3n) is 7.34. The van der Waals surface area contributed by atoms with Gasteiger partial charge in [0.2, 0.25) is 5.91 Å². The van der Waals surface area contributed by atoms with Gasteiger partial charge in [-0.2, -0.15) is 0 Å². The third-order valence-corrected chi connectivity index (χ3v) is 8.35. The van der Waals surface area contributed by atoms with E-state index in [9.17, 15) is 14.0 Å². The minimum atomic E-state index is -0.294. The summed E-state index contributed by atoms with van der Waals surface area (Å²) in [5.41, 5.74) is 2.56. The van der Waals surface area contributed by atoms with Crippen LogP contribution in [0.3, 0.4) is 0 Å². The first kappa shape index (κ1) is 26.3. The molecule has 2 aliphatic heterocycles. The molecule has 2 aliphatic rings. The van der Waals surface area contributed by atoms with Crippen molar-refractivity contribution in [3.05, 3.63) is 93.7 Å². The number of hydrogen-bond donors (Lipinski definition) is 0. The lowest BCUT2D eigenvalue weighted by Crippen LogP contribution is -2.48. The lowest BCUT2D eigenvalue weighted by atomic mass is 9.97. The van der Waals surface area contributed by atoms with Crippen molar-refractivity contribution in [1.82, 2.24) is 19.7 Å². The Kier molecular flexibility index (Phi) is 8.61. The van der Waals surface area contributed by atoms with Crippen LogP contribution in [0.5, 0.6) is 0 Å². The van der Waals surface area contributed by atoms with Crippen LogP contribution in [0.15, 0.2) is 66.1 Å². The number of rotatable bonds is 7. The second-order valence-electron chi connectivity index (χ2n) is 9.94. The van der Waals surface area contributed by atoms with Crippen molar-refractivity contribution in [2.45, 2.75) is 25.2 Å². The van der Waals surface area contributed by atoms with Gasteiger partial charge in [-0.05, 0) is 36.1 Å². The summed E-state index contributed by atoms with van der Waals surface area (Å²) in [6, 6.07) is 16.4. The minimum Gasteiger partial charge on any atom is -0.342 e. The Balaban J connectivity index is 1.06. The van der Waals surface area contributed by atoms with Crippen molar-refractivity contribution in [2.24, 2.45) is 0 Å². The van der Waals surface area contributed by atoms with Crippen molar-refractivity contribution in [3.63, 3.8) is 0 Å². The fourth-order valence-electron chi connectivity index (χ4n) is 5.04. The van der Waals surface area contributed by atoms with Gasteiger partial charge >= 0.3 is 0 Å². The molecule has 0 unspecified atom stereocenters. The van der Waals surface area contributed by atoms with E-state index in [2.05, 4.69) is 29.2 Å². The number of carbonyl (C=O) groups is 2. The smallest absolute Gasteiger partial charge is 0.273 e. The van der Waals surface area contributed by atoms with Crippen molar-refractivity contribution in [3.8, 4) is 0 Å². The number of likely N-dealkylation sites (tertiary alicyclic amines) is 1. The zero-order valence-corrected chi connectivity index (χ0v) is 22.3. The molecule has 3 aromatic rings. The fraction of sp³-hybridized carbons (Fsp3) is 0.367. The van der Waals surface area contributed by atoms with Gasteiger partial charge in [-0.1, -0.05) is 54.6 Å². The number of benzene rings is 2. The molecule has 8 heteroatoms. The summed E-state index contributed by atoms with van der Waals surface area (Å²) in [6.45, 7) is 5.35. The van der Waals surface area contributed by atoms with E-state index in [4.69, 9.17) is 4.98 Å². The highest BCUT2D eigenvalue weighted by Gasteiger charge is 2.28. The van der Waals surface area contributed by atoms with E-state index in [-0.39, 0.29) is 30.0 Å². The second kappa shape index (κ2) is 12.5. The summed E-state index contributed by atoms with van der Waals surface area (Å²) in [5, 5.41) is 2.88. The number of amides is 2. The molecular formula is C30H33FN4O2S. The summed E-state index contributed by atoms with van der Waals surface area (Å²) in [7, 11) is 0. The van der Waals surface area contributed by atoms with Gasteiger partial charge in [0.1, 0.15) is 11.5 Å². The van der Waals surface area contributed by atoms with Crippen LogP contribution in [-0.4, -0.2) is 77.3 Å². The molecule has 2 aromatic carbocycles. The van der Waals surface area contributed by atoms with Gasteiger partial charge in [-0.15, -0.1) is 11.3 Å². The molecule has 0 atom stereocenters. The summed E-state index contributed by atoms with van der Waals surface area (Å²) >= 11 is 1.55. The van der Waals surface area contributed by atoms with E-state index in [1.807, 2.05) is 33.4 Å². The fourth-order valence-corrected chi connectivity index (χ4v) is 6.00. The van der Waals surface area contributed by atoms with Crippen LogP contribution in [0, 0.1) is 5.82 Å². The lowest BCUT2D eigenvalue weighted by Gasteiger charge is -2.33. The highest BCUT2D eigenvalue weighted by molar-refractivity contribution is 7.09. The van der Waals surface area contributed by atoms with Gasteiger partial charge < -0.3 is 9.80 Å². The quantitative estimate of drug-likeness (QED) is 0.443. The van der Waals surface area contributed by atoms with E-state index in [0.29, 0.717) is 31.9 Å². The summed E-state index contributed by atoms with van der Waals surface area (Å²) in [4.78, 5) is 36.6. The van der Waals surface area contributed by atoms with Crippen LogP contribution in [0.4, 0.5) is 4.39 Å². The average Bonchev–Trinajstić information content (AvgIpc) is 3.45. The molecule has 2 amide bonds. The Hall–Kier alpha value is -3.36. The molecule has 198 valence electrons. The first-order chi connectivity index (χ1) is 18.5. The Morgan fingerprint density at radius 2 is 1.63 bits per heavy atom. The molecule has 0 saturated carbocycles. The summed E-state index contributed by atoms with van der Waals surface area (Å²) in [6.07, 6.45) is 6.29. The Morgan fingerprint density at radius 3 is 2.34 bits per heavy atom. The van der Waals surface area contributed by atoms with Crippen molar-refractivity contribution >= 4 is 29.2 Å². The number of piperidine rings is 1. The standard InChI is InChI=1S/C30H33FN4O2S/c31-26-10-8-24(9-11-26)21-28(36)34-15-12-25(13-16-34)29-32-27(22-38-29)30(37)35-19-17-33(18-20-35)14-4-7-23-5-2-1-3-6-23/h1-11,22,25H,12-21H2/b7-4-. The molecule has 5 rings (SSSR count). The van der Waals surface area contributed by atoms with Gasteiger partial charge in [0.05, 0.1) is 11.4 Å². The number of thiazole rings is 1. The van der Waals surface area contributed by atoms with Gasteiger partial charge in [-0.3, -0.25) is 14.5 Å². The molecule has 2 saturated heterocycles. The Bertz CT molecular complexity index is 1240. The van der Waals surface area contributed by atoms with Gasteiger partial charge in [0.15, 0.2) is 0 Å². The molecule has 6 nitrogen and oxygen atoms in total. The normalized spacial score (nSPS) is 17.3. The van der Waals surface area contributed by atoms with Crippen LogP contribution < -0.4 is 0 Å². The van der Waals surface area contributed by atoms with E-state index in [0.717, 1.165) is 43.0 Å². The van der Waals surface area contributed by atoms with Crippen LogP contribution in [0.2, 0.25) is 0 Å². The summed E-state index contributed by atoms with van der Waals surface area (Å²) in [5.74, 6) is 0.0563. The Morgan fingerprint density at radius 1 is 0.921 bits per heavy atom. The molecule has 0 bridgehead atoms. The maximum absolute atomic E-state index is 13.1. The van der Waals surface area contributed by atoms with E-state index < -0.39 is 0 Å². The van der Waals surface area contributed by atoms with Crippen LogP contribution >= 0.6 is 11.3 Å². The third kappa shape index (κ3) is 6.74. The first-order valence-corrected chi connectivity index (χ1v) is 14.1. The second-order valence-corrected chi connectivity index (χ2v) is 10.8. The molecule has 0 N–H and O–H groups in total. The number of halogens is 1. The highest BCUT2D eigenvalue weighted by atomic mass is 32.1. The molecule has 2 fully saturated rings. The molecular weight excluding hydrogens is 499 g/mol. The van der Waals surface area contributed by atoms with E-state index >= 15 is 0 Å². The largest absolute Gasteiger partial charge is 0.342 e. The SMILES string of the molecule is O=C(Cc1ccc(F)cc1)N1CCC(c2nc(C(=O)N3CCN(C/C=C\c4ccccc4)CC3)cs2)CC1. The van der Waals surface area contributed by atoms with Crippen LogP contribution in [-0.2, 0) is 11.2 Å². The van der Waals surface area contributed by atoms with Gasteiger partial charge in [0.25, 0.3) is 5.91 Å². The number of nitrogens with zero attached hydrogens (tertiary/aromatic N) is 4. The zero-order valence-electron chi connectivity index (χ0n) is 21.5. The Labute approximate surface area is 227 Å². The van der Waals surface area contributed by atoms with Gasteiger partial charge in [-0.25, -0.2) is 9.37 Å². The van der Waals surface area contributed by atoms with E-state index in [1.54, 1.807) is 23.5 Å². The van der Waals surface area contributed by atoms with Crippen molar-refractivity contribution in [2.75, 3.05) is 45.8 Å². The number of piperazine rings is 1. The highest BCUT2D eigenvalue weighted by Crippen LogP contribution is 2.31. The average molecular weight is 533 g/mol. The predicted molar refractivity (Wildman–Crippen MR) is 149 cm³/mol. The lowest BCUT2D eigenvalue weighted by molar-refractivity contribution is -0.131. The van der Waals surface area contributed by atoms with Crippen molar-refractivity contribution in [1.29, 1.82) is 0 Å². The van der Waals surface area contributed by atoms with E-state index in [1.165, 1.54) is 17.7 Å². The van der Waals surface area contributed by atoms with Crippen molar-refractivity contribution < 1.29 is 14.0 Å².